The van der Waals surface area contributed by atoms with Crippen LogP contribution in [0.3, 0.4) is 0 Å². The Labute approximate surface area is 200 Å². The minimum Gasteiger partial charge on any atom is -0.492 e. The molecular formula is C26H30N2O5S. The van der Waals surface area contributed by atoms with Gasteiger partial charge in [-0.3, -0.25) is 9.52 Å². The van der Waals surface area contributed by atoms with Crippen LogP contribution in [0.1, 0.15) is 43.7 Å². The summed E-state index contributed by atoms with van der Waals surface area (Å²) in [4.78, 5) is 12.7. The highest BCUT2D eigenvalue weighted by atomic mass is 32.2. The molecule has 1 atom stereocenters. The number of hydrogen-bond acceptors (Lipinski definition) is 5. The van der Waals surface area contributed by atoms with Crippen LogP contribution in [0.25, 0.3) is 0 Å². The number of benzene rings is 3. The predicted octanol–water partition coefficient (Wildman–Crippen LogP) is 4.72. The SMILES string of the molecule is CCOc1cc(NC(=O)[C@@H](CO)c2ccccc2)ccc1S(=O)(=O)Nc1cccc(C(C)C)c1. The van der Waals surface area contributed by atoms with E-state index in [4.69, 9.17) is 4.74 Å². The zero-order valence-electron chi connectivity index (χ0n) is 19.5. The number of carbonyl (C=O) groups is 1. The van der Waals surface area contributed by atoms with Gasteiger partial charge in [-0.15, -0.1) is 0 Å². The lowest BCUT2D eigenvalue weighted by Gasteiger charge is -2.17. The van der Waals surface area contributed by atoms with Gasteiger partial charge in [0, 0.05) is 17.4 Å². The summed E-state index contributed by atoms with van der Waals surface area (Å²) in [5.74, 6) is -0.788. The molecule has 7 nitrogen and oxygen atoms in total. The summed E-state index contributed by atoms with van der Waals surface area (Å²) in [6.07, 6.45) is 0. The predicted molar refractivity (Wildman–Crippen MR) is 134 cm³/mol. The molecule has 0 fully saturated rings. The molecule has 0 saturated carbocycles. The highest BCUT2D eigenvalue weighted by Crippen LogP contribution is 2.30. The Morgan fingerprint density at radius 1 is 0.941 bits per heavy atom. The van der Waals surface area contributed by atoms with Crippen molar-refractivity contribution in [2.45, 2.75) is 37.5 Å². The number of aliphatic hydroxyl groups is 1. The third-order valence-electron chi connectivity index (χ3n) is 5.31. The van der Waals surface area contributed by atoms with Crippen LogP contribution in [0.15, 0.2) is 77.7 Å². The Kier molecular flexibility index (Phi) is 8.31. The topological polar surface area (TPSA) is 105 Å². The van der Waals surface area contributed by atoms with Crippen LogP contribution in [-0.4, -0.2) is 32.6 Å². The molecule has 0 aliphatic heterocycles. The molecule has 34 heavy (non-hydrogen) atoms. The van der Waals surface area contributed by atoms with Crippen molar-refractivity contribution >= 4 is 27.3 Å². The standard InChI is InChI=1S/C26H30N2O5S/c1-4-33-24-16-21(27-26(30)23(17-29)19-9-6-5-7-10-19)13-14-25(24)34(31,32)28-22-12-8-11-20(15-22)18(2)3/h5-16,18,23,28-29H,4,17H2,1-3H3,(H,27,30)/t23-/m0/s1. The van der Waals surface area contributed by atoms with E-state index in [0.29, 0.717) is 16.9 Å². The highest BCUT2D eigenvalue weighted by Gasteiger charge is 2.23. The normalized spacial score (nSPS) is 12.3. The lowest BCUT2D eigenvalue weighted by atomic mass is 9.99. The van der Waals surface area contributed by atoms with Crippen molar-refractivity contribution in [3.63, 3.8) is 0 Å². The van der Waals surface area contributed by atoms with Crippen LogP contribution in [-0.2, 0) is 14.8 Å². The number of nitrogens with one attached hydrogen (secondary N) is 2. The van der Waals surface area contributed by atoms with E-state index in [1.54, 1.807) is 49.4 Å². The van der Waals surface area contributed by atoms with E-state index in [0.717, 1.165) is 5.56 Å². The number of carbonyl (C=O) groups excluding carboxylic acids is 1. The third-order valence-corrected chi connectivity index (χ3v) is 6.73. The smallest absolute Gasteiger partial charge is 0.265 e. The zero-order valence-corrected chi connectivity index (χ0v) is 20.3. The molecule has 0 heterocycles. The molecule has 8 heteroatoms. The first-order chi connectivity index (χ1) is 16.2. The highest BCUT2D eigenvalue weighted by molar-refractivity contribution is 7.92. The maximum Gasteiger partial charge on any atom is 0.265 e. The van der Waals surface area contributed by atoms with Crippen molar-refractivity contribution < 1.29 is 23.1 Å². The van der Waals surface area contributed by atoms with E-state index in [2.05, 4.69) is 10.0 Å². The number of hydrogen-bond donors (Lipinski definition) is 3. The van der Waals surface area contributed by atoms with Crippen LogP contribution in [0, 0.1) is 0 Å². The van der Waals surface area contributed by atoms with E-state index in [-0.39, 0.29) is 29.8 Å². The molecule has 1 amide bonds. The quantitative estimate of drug-likeness (QED) is 0.388. The summed E-state index contributed by atoms with van der Waals surface area (Å²) in [7, 11) is -3.95. The molecule has 0 saturated heterocycles. The summed E-state index contributed by atoms with van der Waals surface area (Å²) < 4.78 is 34.5. The van der Waals surface area contributed by atoms with Crippen LogP contribution in [0.5, 0.6) is 5.75 Å². The molecule has 180 valence electrons. The van der Waals surface area contributed by atoms with Crippen molar-refractivity contribution in [1.29, 1.82) is 0 Å². The van der Waals surface area contributed by atoms with Crippen molar-refractivity contribution in [3.05, 3.63) is 83.9 Å². The fourth-order valence-electron chi connectivity index (χ4n) is 3.50. The Morgan fingerprint density at radius 3 is 2.29 bits per heavy atom. The molecule has 3 N–H and O–H groups in total. The van der Waals surface area contributed by atoms with Crippen molar-refractivity contribution in [2.24, 2.45) is 0 Å². The van der Waals surface area contributed by atoms with Gasteiger partial charge in [-0.2, -0.15) is 0 Å². The largest absolute Gasteiger partial charge is 0.492 e. The number of amides is 1. The first-order valence-electron chi connectivity index (χ1n) is 11.1. The first kappa shape index (κ1) is 25.3. The molecule has 3 rings (SSSR count). The second-order valence-electron chi connectivity index (χ2n) is 8.12. The maximum atomic E-state index is 13.1. The van der Waals surface area contributed by atoms with Gasteiger partial charge in [-0.05, 0) is 48.2 Å². The number of ether oxygens (including phenoxy) is 1. The van der Waals surface area contributed by atoms with E-state index in [1.165, 1.54) is 18.2 Å². The minimum atomic E-state index is -3.95. The second-order valence-corrected chi connectivity index (χ2v) is 9.77. The van der Waals surface area contributed by atoms with Crippen LogP contribution < -0.4 is 14.8 Å². The molecule has 0 spiro atoms. The van der Waals surface area contributed by atoms with Crippen molar-refractivity contribution in [2.75, 3.05) is 23.3 Å². The van der Waals surface area contributed by atoms with Crippen LogP contribution >= 0.6 is 0 Å². The Morgan fingerprint density at radius 2 is 1.65 bits per heavy atom. The molecule has 0 aromatic heterocycles. The van der Waals surface area contributed by atoms with Gasteiger partial charge in [0.1, 0.15) is 10.6 Å². The number of sulfonamides is 1. The Hall–Kier alpha value is -3.36. The van der Waals surface area contributed by atoms with Crippen LogP contribution in [0.4, 0.5) is 11.4 Å². The van der Waals surface area contributed by atoms with Gasteiger partial charge in [0.2, 0.25) is 5.91 Å². The molecule has 0 aliphatic carbocycles. The lowest BCUT2D eigenvalue weighted by Crippen LogP contribution is -2.24. The number of anilines is 2. The Bertz CT molecular complexity index is 1230. The summed E-state index contributed by atoms with van der Waals surface area (Å²) in [5.41, 5.74) is 2.52. The molecular weight excluding hydrogens is 452 g/mol. The summed E-state index contributed by atoms with van der Waals surface area (Å²) >= 11 is 0. The van der Waals surface area contributed by atoms with Gasteiger partial charge in [-0.1, -0.05) is 56.3 Å². The van der Waals surface area contributed by atoms with E-state index < -0.39 is 21.8 Å². The van der Waals surface area contributed by atoms with Gasteiger partial charge in [0.05, 0.1) is 19.1 Å². The van der Waals surface area contributed by atoms with Gasteiger partial charge in [-0.25, -0.2) is 8.42 Å². The molecule has 0 aliphatic rings. The summed E-state index contributed by atoms with van der Waals surface area (Å²) in [6, 6.07) is 20.6. The van der Waals surface area contributed by atoms with Gasteiger partial charge >= 0.3 is 0 Å². The van der Waals surface area contributed by atoms with Gasteiger partial charge in [0.15, 0.2) is 0 Å². The lowest BCUT2D eigenvalue weighted by molar-refractivity contribution is -0.118. The molecule has 0 unspecified atom stereocenters. The molecule has 3 aromatic carbocycles. The maximum absolute atomic E-state index is 13.1. The first-order valence-corrected chi connectivity index (χ1v) is 12.6. The summed E-state index contributed by atoms with van der Waals surface area (Å²) in [6.45, 7) is 5.70. The second kappa shape index (κ2) is 11.2. The van der Waals surface area contributed by atoms with E-state index >= 15 is 0 Å². The van der Waals surface area contributed by atoms with Crippen molar-refractivity contribution in [1.82, 2.24) is 0 Å². The fourth-order valence-corrected chi connectivity index (χ4v) is 4.68. The van der Waals surface area contributed by atoms with Crippen molar-refractivity contribution in [3.8, 4) is 5.75 Å². The van der Waals surface area contributed by atoms with Gasteiger partial charge < -0.3 is 15.2 Å². The number of aliphatic hydroxyl groups excluding tert-OH is 1. The van der Waals surface area contributed by atoms with E-state index in [1.807, 2.05) is 26.0 Å². The average molecular weight is 483 g/mol. The molecule has 3 aromatic rings. The zero-order chi connectivity index (χ0) is 24.7. The molecule has 0 bridgehead atoms. The average Bonchev–Trinajstić information content (AvgIpc) is 2.80. The minimum absolute atomic E-state index is 0.0379. The Balaban J connectivity index is 1.86. The summed E-state index contributed by atoms with van der Waals surface area (Å²) in [5, 5.41) is 12.5. The third kappa shape index (κ3) is 6.15. The molecule has 0 radical (unpaired) electrons. The van der Waals surface area contributed by atoms with Crippen LogP contribution in [0.2, 0.25) is 0 Å². The number of rotatable bonds is 10. The van der Waals surface area contributed by atoms with E-state index in [9.17, 15) is 18.3 Å². The fraction of sp³-hybridized carbons (Fsp3) is 0.269. The van der Waals surface area contributed by atoms with Gasteiger partial charge in [0.25, 0.3) is 10.0 Å². The monoisotopic (exact) mass is 482 g/mol.